The molecule has 0 aliphatic rings. The van der Waals surface area contributed by atoms with Crippen molar-refractivity contribution in [2.75, 3.05) is 6.54 Å². The summed E-state index contributed by atoms with van der Waals surface area (Å²) in [5.41, 5.74) is 0. The van der Waals surface area contributed by atoms with E-state index in [1.165, 1.54) is 4.88 Å². The van der Waals surface area contributed by atoms with E-state index in [1.54, 1.807) is 11.3 Å². The molecular formula is C12H21N3OS. The Morgan fingerprint density at radius 1 is 1.47 bits per heavy atom. The van der Waals surface area contributed by atoms with Gasteiger partial charge in [-0.1, -0.05) is 6.92 Å². The van der Waals surface area contributed by atoms with Crippen molar-refractivity contribution in [2.45, 2.75) is 46.2 Å². The molecule has 17 heavy (non-hydrogen) atoms. The predicted octanol–water partition coefficient (Wildman–Crippen LogP) is 1.88. The molecule has 0 saturated heterocycles. The molecule has 0 radical (unpaired) electrons. The van der Waals surface area contributed by atoms with Crippen LogP contribution in [-0.4, -0.2) is 23.5 Å². The minimum atomic E-state index is 0.0270. The van der Waals surface area contributed by atoms with E-state index in [1.807, 2.05) is 27.0 Å². The van der Waals surface area contributed by atoms with Crippen LogP contribution in [0.2, 0.25) is 0 Å². The first-order valence-corrected chi connectivity index (χ1v) is 6.82. The zero-order chi connectivity index (χ0) is 12.8. The normalized spacial score (nSPS) is 12.8. The molecule has 0 fully saturated rings. The molecule has 1 rings (SSSR count). The minimum Gasteiger partial charge on any atom is -0.353 e. The number of amides is 1. The van der Waals surface area contributed by atoms with Crippen molar-refractivity contribution in [1.29, 1.82) is 0 Å². The molecule has 4 nitrogen and oxygen atoms in total. The Morgan fingerprint density at radius 3 is 2.71 bits per heavy atom. The van der Waals surface area contributed by atoms with Gasteiger partial charge in [-0.2, -0.15) is 0 Å². The summed E-state index contributed by atoms with van der Waals surface area (Å²) in [4.78, 5) is 17.1. The molecule has 0 aliphatic carbocycles. The Labute approximate surface area is 107 Å². The number of nitrogens with one attached hydrogen (secondary N) is 2. The highest BCUT2D eigenvalue weighted by molar-refractivity contribution is 7.11. The van der Waals surface area contributed by atoms with Gasteiger partial charge in [-0.3, -0.25) is 10.1 Å². The van der Waals surface area contributed by atoms with Gasteiger partial charge in [0.25, 0.3) is 0 Å². The third kappa shape index (κ3) is 4.83. The monoisotopic (exact) mass is 255 g/mol. The highest BCUT2D eigenvalue weighted by Gasteiger charge is 2.11. The first-order valence-electron chi connectivity index (χ1n) is 6.00. The maximum Gasteiger partial charge on any atom is 0.234 e. The lowest BCUT2D eigenvalue weighted by molar-refractivity contribution is -0.120. The standard InChI is InChI=1S/C12H21N3OS/c1-5-10-6-14-12(17-10)9(4)13-7-11(16)15-8(2)3/h6,8-9,13H,5,7H2,1-4H3,(H,15,16). The lowest BCUT2D eigenvalue weighted by Gasteiger charge is -2.12. The topological polar surface area (TPSA) is 54.0 Å². The van der Waals surface area contributed by atoms with Gasteiger partial charge in [0.15, 0.2) is 0 Å². The Kier molecular flexibility index (Phi) is 5.58. The van der Waals surface area contributed by atoms with Crippen LogP contribution in [0.5, 0.6) is 0 Å². The predicted molar refractivity (Wildman–Crippen MR) is 71.2 cm³/mol. The largest absolute Gasteiger partial charge is 0.353 e. The summed E-state index contributed by atoms with van der Waals surface area (Å²) in [6.07, 6.45) is 2.92. The van der Waals surface area contributed by atoms with E-state index in [0.29, 0.717) is 6.54 Å². The van der Waals surface area contributed by atoms with Crippen molar-refractivity contribution >= 4 is 17.2 Å². The number of hydrogen-bond donors (Lipinski definition) is 2. The lowest BCUT2D eigenvalue weighted by Crippen LogP contribution is -2.38. The lowest BCUT2D eigenvalue weighted by atomic mass is 10.3. The van der Waals surface area contributed by atoms with Crippen LogP contribution in [0.3, 0.4) is 0 Å². The summed E-state index contributed by atoms with van der Waals surface area (Å²) in [7, 11) is 0. The average Bonchev–Trinajstić information content (AvgIpc) is 2.73. The highest BCUT2D eigenvalue weighted by atomic mass is 32.1. The third-order valence-corrected chi connectivity index (χ3v) is 3.63. The molecule has 0 aromatic carbocycles. The second-order valence-electron chi connectivity index (χ2n) is 4.34. The molecule has 0 bridgehead atoms. The van der Waals surface area contributed by atoms with Crippen molar-refractivity contribution in [2.24, 2.45) is 0 Å². The van der Waals surface area contributed by atoms with E-state index in [2.05, 4.69) is 22.5 Å². The Hall–Kier alpha value is -0.940. The molecule has 2 N–H and O–H groups in total. The Balaban J connectivity index is 2.39. The first kappa shape index (κ1) is 14.1. The number of thiazole rings is 1. The zero-order valence-corrected chi connectivity index (χ0v) is 11.7. The smallest absolute Gasteiger partial charge is 0.234 e. The number of carbonyl (C=O) groups excluding carboxylic acids is 1. The summed E-state index contributed by atoms with van der Waals surface area (Å²) in [5.74, 6) is 0.0270. The highest BCUT2D eigenvalue weighted by Crippen LogP contribution is 2.19. The van der Waals surface area contributed by atoms with Crippen molar-refractivity contribution in [3.05, 3.63) is 16.1 Å². The molecule has 1 aromatic rings. The number of carbonyl (C=O) groups is 1. The van der Waals surface area contributed by atoms with Gasteiger partial charge in [0, 0.05) is 17.1 Å². The van der Waals surface area contributed by atoms with Gasteiger partial charge in [0.2, 0.25) is 5.91 Å². The van der Waals surface area contributed by atoms with E-state index in [4.69, 9.17) is 0 Å². The van der Waals surface area contributed by atoms with Crippen LogP contribution in [0.25, 0.3) is 0 Å². The molecule has 1 aromatic heterocycles. The summed E-state index contributed by atoms with van der Waals surface area (Å²) in [5, 5.41) is 7.07. The Bertz CT molecular complexity index is 362. The minimum absolute atomic E-state index is 0.0270. The number of nitrogens with zero attached hydrogens (tertiary/aromatic N) is 1. The van der Waals surface area contributed by atoms with Crippen molar-refractivity contribution < 1.29 is 4.79 Å². The van der Waals surface area contributed by atoms with Crippen LogP contribution in [0, 0.1) is 0 Å². The molecule has 0 spiro atoms. The van der Waals surface area contributed by atoms with E-state index >= 15 is 0 Å². The van der Waals surface area contributed by atoms with Crippen LogP contribution in [0.4, 0.5) is 0 Å². The molecule has 1 atom stereocenters. The van der Waals surface area contributed by atoms with Gasteiger partial charge in [-0.15, -0.1) is 11.3 Å². The molecule has 0 aliphatic heterocycles. The van der Waals surface area contributed by atoms with E-state index in [9.17, 15) is 4.79 Å². The van der Waals surface area contributed by atoms with Gasteiger partial charge < -0.3 is 5.32 Å². The van der Waals surface area contributed by atoms with Crippen LogP contribution in [-0.2, 0) is 11.2 Å². The van der Waals surface area contributed by atoms with Gasteiger partial charge in [-0.05, 0) is 27.2 Å². The maximum atomic E-state index is 11.5. The number of rotatable bonds is 6. The van der Waals surface area contributed by atoms with Crippen LogP contribution in [0.1, 0.15) is 43.6 Å². The second-order valence-corrected chi connectivity index (χ2v) is 5.49. The summed E-state index contributed by atoms with van der Waals surface area (Å²) in [6, 6.07) is 0.310. The number of hydrogen-bond acceptors (Lipinski definition) is 4. The van der Waals surface area contributed by atoms with Crippen LogP contribution < -0.4 is 10.6 Å². The number of aromatic nitrogens is 1. The maximum absolute atomic E-state index is 11.5. The van der Waals surface area contributed by atoms with Crippen molar-refractivity contribution in [1.82, 2.24) is 15.6 Å². The Morgan fingerprint density at radius 2 is 2.18 bits per heavy atom. The molecular weight excluding hydrogens is 234 g/mol. The summed E-state index contributed by atoms with van der Waals surface area (Å²) >= 11 is 1.70. The molecule has 1 unspecified atom stereocenters. The number of aryl methyl sites for hydroxylation is 1. The average molecular weight is 255 g/mol. The SMILES string of the molecule is CCc1cnc(C(C)NCC(=O)NC(C)C)s1. The van der Waals surface area contributed by atoms with Gasteiger partial charge in [0.1, 0.15) is 5.01 Å². The second kappa shape index (κ2) is 6.71. The van der Waals surface area contributed by atoms with E-state index < -0.39 is 0 Å². The van der Waals surface area contributed by atoms with E-state index in [0.717, 1.165) is 11.4 Å². The van der Waals surface area contributed by atoms with Gasteiger partial charge in [0.05, 0.1) is 12.6 Å². The first-order chi connectivity index (χ1) is 8.02. The van der Waals surface area contributed by atoms with Crippen LogP contribution >= 0.6 is 11.3 Å². The third-order valence-electron chi connectivity index (χ3n) is 2.31. The quantitative estimate of drug-likeness (QED) is 0.816. The molecule has 1 amide bonds. The van der Waals surface area contributed by atoms with Gasteiger partial charge in [-0.25, -0.2) is 4.98 Å². The van der Waals surface area contributed by atoms with E-state index in [-0.39, 0.29) is 18.0 Å². The fraction of sp³-hybridized carbons (Fsp3) is 0.667. The molecule has 96 valence electrons. The zero-order valence-electron chi connectivity index (χ0n) is 10.9. The summed E-state index contributed by atoms with van der Waals surface area (Å²) in [6.45, 7) is 8.39. The summed E-state index contributed by atoms with van der Waals surface area (Å²) < 4.78 is 0. The molecule has 0 saturated carbocycles. The fourth-order valence-corrected chi connectivity index (χ4v) is 2.28. The van der Waals surface area contributed by atoms with Crippen molar-refractivity contribution in [3.8, 4) is 0 Å². The fourth-order valence-electron chi connectivity index (χ4n) is 1.39. The van der Waals surface area contributed by atoms with Gasteiger partial charge >= 0.3 is 0 Å². The molecule has 5 heteroatoms. The van der Waals surface area contributed by atoms with Crippen LogP contribution in [0.15, 0.2) is 6.20 Å². The van der Waals surface area contributed by atoms with Crippen molar-refractivity contribution in [3.63, 3.8) is 0 Å². The molecule has 1 heterocycles.